The van der Waals surface area contributed by atoms with Gasteiger partial charge in [0.25, 0.3) is 11.8 Å². The lowest BCUT2D eigenvalue weighted by Gasteiger charge is -2.31. The molecule has 4 heteroatoms. The van der Waals surface area contributed by atoms with Gasteiger partial charge in [0.05, 0.1) is 0 Å². The number of piperidine rings is 1. The Morgan fingerprint density at radius 3 is 2.62 bits per heavy atom. The molecule has 4 nitrogen and oxygen atoms in total. The van der Waals surface area contributed by atoms with Gasteiger partial charge in [0.15, 0.2) is 0 Å². The van der Waals surface area contributed by atoms with Crippen LogP contribution in [0.4, 0.5) is 0 Å². The fourth-order valence-electron chi connectivity index (χ4n) is 2.59. The normalized spacial score (nSPS) is 18.1. The van der Waals surface area contributed by atoms with E-state index in [-0.39, 0.29) is 11.8 Å². The highest BCUT2D eigenvalue weighted by molar-refractivity contribution is 5.97. The van der Waals surface area contributed by atoms with Crippen molar-refractivity contribution in [1.29, 1.82) is 0 Å². The Morgan fingerprint density at radius 1 is 1.33 bits per heavy atom. The van der Waals surface area contributed by atoms with Crippen LogP contribution in [0.3, 0.4) is 0 Å². The van der Waals surface area contributed by atoms with Crippen LogP contribution in [0.15, 0.2) is 36.9 Å². The van der Waals surface area contributed by atoms with Crippen LogP contribution < -0.4 is 5.32 Å². The molecule has 1 N–H and O–H groups in total. The van der Waals surface area contributed by atoms with Crippen LogP contribution in [0.25, 0.3) is 0 Å². The van der Waals surface area contributed by atoms with Crippen molar-refractivity contribution in [3.05, 3.63) is 48.0 Å². The summed E-state index contributed by atoms with van der Waals surface area (Å²) < 4.78 is 0. The number of amides is 2. The second-order valence-electron chi connectivity index (χ2n) is 5.57. The Morgan fingerprint density at radius 2 is 2.00 bits per heavy atom. The van der Waals surface area contributed by atoms with E-state index in [2.05, 4.69) is 18.8 Å². The standard InChI is InChI=1S/C17H22N2O2/c1-3-10-18-16(20)14-6-8-15(9-7-14)17(21)19-11-4-5-13(2)12-19/h3,6-9,13H,1,4-5,10-12H2,2H3,(H,18,20). The third-order valence-electron chi connectivity index (χ3n) is 3.75. The highest BCUT2D eigenvalue weighted by atomic mass is 16.2. The van der Waals surface area contributed by atoms with Crippen molar-refractivity contribution >= 4 is 11.8 Å². The molecule has 1 unspecified atom stereocenters. The predicted octanol–water partition coefficient (Wildman–Crippen LogP) is 2.47. The average molecular weight is 286 g/mol. The summed E-state index contributed by atoms with van der Waals surface area (Å²) in [7, 11) is 0. The number of carbonyl (C=O) groups excluding carboxylic acids is 2. The molecule has 2 rings (SSSR count). The van der Waals surface area contributed by atoms with E-state index in [4.69, 9.17) is 0 Å². The first kappa shape index (κ1) is 15.3. The Labute approximate surface area is 125 Å². The van der Waals surface area contributed by atoms with Crippen LogP contribution in [-0.2, 0) is 0 Å². The van der Waals surface area contributed by atoms with Crippen LogP contribution in [0, 0.1) is 5.92 Å². The van der Waals surface area contributed by atoms with Gasteiger partial charge in [-0.15, -0.1) is 6.58 Å². The third kappa shape index (κ3) is 3.94. The number of hydrogen-bond donors (Lipinski definition) is 1. The fraction of sp³-hybridized carbons (Fsp3) is 0.412. The summed E-state index contributed by atoms with van der Waals surface area (Å²) in [6.45, 7) is 7.81. The van der Waals surface area contributed by atoms with Gasteiger partial charge in [0, 0.05) is 30.8 Å². The number of rotatable bonds is 4. The maximum Gasteiger partial charge on any atom is 0.253 e. The number of carbonyl (C=O) groups is 2. The van der Waals surface area contributed by atoms with Gasteiger partial charge in [-0.1, -0.05) is 13.0 Å². The maximum absolute atomic E-state index is 12.4. The number of likely N-dealkylation sites (tertiary alicyclic amines) is 1. The van der Waals surface area contributed by atoms with Crippen molar-refractivity contribution in [3.63, 3.8) is 0 Å². The van der Waals surface area contributed by atoms with Gasteiger partial charge in [-0.05, 0) is 43.0 Å². The molecule has 1 aromatic carbocycles. The number of nitrogens with one attached hydrogen (secondary N) is 1. The molecule has 0 aromatic heterocycles. The van der Waals surface area contributed by atoms with Crippen molar-refractivity contribution in [2.75, 3.05) is 19.6 Å². The summed E-state index contributed by atoms with van der Waals surface area (Å²) in [6.07, 6.45) is 3.88. The second kappa shape index (κ2) is 7.07. The lowest BCUT2D eigenvalue weighted by atomic mass is 9.99. The Balaban J connectivity index is 2.02. The van der Waals surface area contributed by atoms with Gasteiger partial charge < -0.3 is 10.2 Å². The van der Waals surface area contributed by atoms with E-state index in [0.29, 0.717) is 23.6 Å². The fourth-order valence-corrected chi connectivity index (χ4v) is 2.59. The van der Waals surface area contributed by atoms with Crippen molar-refractivity contribution in [2.24, 2.45) is 5.92 Å². The first-order chi connectivity index (χ1) is 10.1. The molecule has 1 atom stereocenters. The van der Waals surface area contributed by atoms with E-state index < -0.39 is 0 Å². The number of benzene rings is 1. The van der Waals surface area contributed by atoms with Gasteiger partial charge in [-0.2, -0.15) is 0 Å². The molecule has 0 spiro atoms. The lowest BCUT2D eigenvalue weighted by Crippen LogP contribution is -2.39. The molecule has 1 aliphatic rings. The molecule has 0 aliphatic carbocycles. The monoisotopic (exact) mass is 286 g/mol. The lowest BCUT2D eigenvalue weighted by molar-refractivity contribution is 0.0682. The Kier molecular flexibility index (Phi) is 5.14. The van der Waals surface area contributed by atoms with Crippen molar-refractivity contribution in [1.82, 2.24) is 10.2 Å². The first-order valence-electron chi connectivity index (χ1n) is 7.40. The van der Waals surface area contributed by atoms with Crippen molar-refractivity contribution in [3.8, 4) is 0 Å². The summed E-state index contributed by atoms with van der Waals surface area (Å²) in [4.78, 5) is 26.1. The molecule has 0 saturated carbocycles. The van der Waals surface area contributed by atoms with Crippen LogP contribution in [-0.4, -0.2) is 36.3 Å². The molecule has 112 valence electrons. The molecule has 0 radical (unpaired) electrons. The third-order valence-corrected chi connectivity index (χ3v) is 3.75. The molecular formula is C17H22N2O2. The van der Waals surface area contributed by atoms with Gasteiger partial charge in [-0.3, -0.25) is 9.59 Å². The smallest absolute Gasteiger partial charge is 0.253 e. The van der Waals surface area contributed by atoms with Crippen LogP contribution in [0.1, 0.15) is 40.5 Å². The van der Waals surface area contributed by atoms with E-state index in [9.17, 15) is 9.59 Å². The highest BCUT2D eigenvalue weighted by Gasteiger charge is 2.22. The summed E-state index contributed by atoms with van der Waals surface area (Å²) in [5.74, 6) is 0.465. The minimum atomic E-state index is -0.152. The van der Waals surface area contributed by atoms with Crippen LogP contribution in [0.2, 0.25) is 0 Å². The van der Waals surface area contributed by atoms with Crippen molar-refractivity contribution in [2.45, 2.75) is 19.8 Å². The van der Waals surface area contributed by atoms with Crippen LogP contribution >= 0.6 is 0 Å². The van der Waals surface area contributed by atoms with E-state index in [1.54, 1.807) is 30.3 Å². The largest absolute Gasteiger partial charge is 0.349 e. The summed E-state index contributed by atoms with van der Waals surface area (Å²) >= 11 is 0. The predicted molar refractivity (Wildman–Crippen MR) is 83.3 cm³/mol. The first-order valence-corrected chi connectivity index (χ1v) is 7.40. The zero-order valence-corrected chi connectivity index (χ0v) is 12.5. The number of nitrogens with zero attached hydrogens (tertiary/aromatic N) is 1. The zero-order valence-electron chi connectivity index (χ0n) is 12.5. The van der Waals surface area contributed by atoms with Crippen LogP contribution in [0.5, 0.6) is 0 Å². The van der Waals surface area contributed by atoms with E-state index >= 15 is 0 Å². The Hall–Kier alpha value is -2.10. The molecule has 1 aliphatic heterocycles. The molecule has 1 aromatic rings. The van der Waals surface area contributed by atoms with Gasteiger partial charge in [0.1, 0.15) is 0 Å². The van der Waals surface area contributed by atoms with Gasteiger partial charge in [-0.25, -0.2) is 0 Å². The average Bonchev–Trinajstić information content (AvgIpc) is 2.52. The molecule has 1 saturated heterocycles. The summed E-state index contributed by atoms with van der Waals surface area (Å²) in [5.41, 5.74) is 1.20. The maximum atomic E-state index is 12.4. The van der Waals surface area contributed by atoms with E-state index in [0.717, 1.165) is 19.5 Å². The topological polar surface area (TPSA) is 49.4 Å². The molecule has 2 amide bonds. The quantitative estimate of drug-likeness (QED) is 0.864. The van der Waals surface area contributed by atoms with E-state index in [1.165, 1.54) is 6.42 Å². The zero-order chi connectivity index (χ0) is 15.2. The SMILES string of the molecule is C=CCNC(=O)c1ccc(C(=O)N2CCCC(C)C2)cc1. The molecule has 1 fully saturated rings. The minimum Gasteiger partial charge on any atom is -0.349 e. The number of hydrogen-bond acceptors (Lipinski definition) is 2. The molecule has 1 heterocycles. The highest BCUT2D eigenvalue weighted by Crippen LogP contribution is 2.18. The molecule has 0 bridgehead atoms. The van der Waals surface area contributed by atoms with Gasteiger partial charge >= 0.3 is 0 Å². The van der Waals surface area contributed by atoms with Crippen molar-refractivity contribution < 1.29 is 9.59 Å². The second-order valence-corrected chi connectivity index (χ2v) is 5.57. The molecule has 21 heavy (non-hydrogen) atoms. The van der Waals surface area contributed by atoms with Gasteiger partial charge in [0.2, 0.25) is 0 Å². The Bertz CT molecular complexity index is 522. The minimum absolute atomic E-state index is 0.0552. The van der Waals surface area contributed by atoms with E-state index in [1.807, 2.05) is 4.90 Å². The summed E-state index contributed by atoms with van der Waals surface area (Å²) in [6, 6.07) is 6.84. The molecular weight excluding hydrogens is 264 g/mol. The summed E-state index contributed by atoms with van der Waals surface area (Å²) in [5, 5.41) is 2.71.